The van der Waals surface area contributed by atoms with Gasteiger partial charge in [0.05, 0.1) is 14.2 Å². The number of carbonyl (C=O) groups is 2. The SMILES string of the molecule is COc1ccc(CNC(=O)COc2ccc(OC)cc2C(=O)O)cc1. The van der Waals surface area contributed by atoms with E-state index in [1.807, 2.05) is 12.1 Å². The summed E-state index contributed by atoms with van der Waals surface area (Å²) >= 11 is 0. The third-order valence-electron chi connectivity index (χ3n) is 3.42. The molecule has 0 saturated carbocycles. The number of carboxylic acid groups (broad SMARTS) is 1. The minimum absolute atomic E-state index is 0.0673. The van der Waals surface area contributed by atoms with Crippen LogP contribution in [0, 0.1) is 0 Å². The van der Waals surface area contributed by atoms with Crippen LogP contribution in [0.5, 0.6) is 17.2 Å². The van der Waals surface area contributed by atoms with Gasteiger partial charge in [0, 0.05) is 6.54 Å². The molecule has 0 radical (unpaired) electrons. The number of nitrogens with one attached hydrogen (secondary N) is 1. The van der Waals surface area contributed by atoms with Crippen molar-refractivity contribution in [3.63, 3.8) is 0 Å². The molecule has 0 aliphatic carbocycles. The van der Waals surface area contributed by atoms with Crippen LogP contribution in [0.15, 0.2) is 42.5 Å². The largest absolute Gasteiger partial charge is 0.497 e. The normalized spacial score (nSPS) is 10.0. The zero-order chi connectivity index (χ0) is 18.2. The summed E-state index contributed by atoms with van der Waals surface area (Å²) in [7, 11) is 3.02. The quantitative estimate of drug-likeness (QED) is 0.761. The van der Waals surface area contributed by atoms with Crippen LogP contribution < -0.4 is 19.5 Å². The van der Waals surface area contributed by atoms with Crippen LogP contribution in [0.2, 0.25) is 0 Å². The second kappa shape index (κ2) is 8.58. The average molecular weight is 345 g/mol. The number of carboxylic acids is 1. The fourth-order valence-corrected chi connectivity index (χ4v) is 2.07. The molecular weight excluding hydrogens is 326 g/mol. The summed E-state index contributed by atoms with van der Waals surface area (Å²) in [6, 6.07) is 11.6. The summed E-state index contributed by atoms with van der Waals surface area (Å²) in [5.41, 5.74) is 0.840. The average Bonchev–Trinajstić information content (AvgIpc) is 2.64. The molecule has 0 bridgehead atoms. The number of amides is 1. The van der Waals surface area contributed by atoms with E-state index in [0.717, 1.165) is 11.3 Å². The Kier molecular flexibility index (Phi) is 6.22. The van der Waals surface area contributed by atoms with Crippen molar-refractivity contribution in [1.29, 1.82) is 0 Å². The molecule has 7 heteroatoms. The molecule has 0 aliphatic heterocycles. The van der Waals surface area contributed by atoms with Gasteiger partial charge in [-0.05, 0) is 35.9 Å². The highest BCUT2D eigenvalue weighted by molar-refractivity contribution is 5.91. The predicted molar refractivity (Wildman–Crippen MR) is 90.3 cm³/mol. The van der Waals surface area contributed by atoms with Crippen LogP contribution >= 0.6 is 0 Å². The molecule has 132 valence electrons. The van der Waals surface area contributed by atoms with Gasteiger partial charge in [-0.3, -0.25) is 4.79 Å². The monoisotopic (exact) mass is 345 g/mol. The first-order valence-electron chi connectivity index (χ1n) is 7.47. The molecule has 0 atom stereocenters. The van der Waals surface area contributed by atoms with Crippen molar-refractivity contribution in [2.75, 3.05) is 20.8 Å². The first kappa shape index (κ1) is 18.1. The summed E-state index contributed by atoms with van der Waals surface area (Å²) in [5.74, 6) is -0.281. The summed E-state index contributed by atoms with van der Waals surface area (Å²) in [6.45, 7) is 0.0450. The van der Waals surface area contributed by atoms with Gasteiger partial charge in [0.1, 0.15) is 22.8 Å². The molecule has 2 aromatic carbocycles. The van der Waals surface area contributed by atoms with Gasteiger partial charge in [-0.2, -0.15) is 0 Å². The highest BCUT2D eigenvalue weighted by Gasteiger charge is 2.14. The zero-order valence-corrected chi connectivity index (χ0v) is 13.9. The van der Waals surface area contributed by atoms with Gasteiger partial charge in [-0.1, -0.05) is 12.1 Å². The molecule has 2 N–H and O–H groups in total. The standard InChI is InChI=1S/C18H19NO6/c1-23-13-5-3-12(4-6-13)10-19-17(20)11-25-16-8-7-14(24-2)9-15(16)18(21)22/h3-9H,10-11H2,1-2H3,(H,19,20)(H,21,22). The van der Waals surface area contributed by atoms with Crippen molar-refractivity contribution in [1.82, 2.24) is 5.32 Å². The Morgan fingerprint density at radius 2 is 1.64 bits per heavy atom. The molecule has 0 saturated heterocycles. The molecule has 0 spiro atoms. The Bertz CT molecular complexity index is 742. The van der Waals surface area contributed by atoms with Crippen LogP contribution in [0.3, 0.4) is 0 Å². The van der Waals surface area contributed by atoms with Crippen LogP contribution in [0.4, 0.5) is 0 Å². The van der Waals surface area contributed by atoms with E-state index < -0.39 is 5.97 Å². The highest BCUT2D eigenvalue weighted by atomic mass is 16.5. The lowest BCUT2D eigenvalue weighted by Crippen LogP contribution is -2.28. The fourth-order valence-electron chi connectivity index (χ4n) is 2.07. The van der Waals surface area contributed by atoms with Crippen molar-refractivity contribution in [3.05, 3.63) is 53.6 Å². The first-order chi connectivity index (χ1) is 12.0. The van der Waals surface area contributed by atoms with Gasteiger partial charge < -0.3 is 24.6 Å². The molecule has 0 unspecified atom stereocenters. The third-order valence-corrected chi connectivity index (χ3v) is 3.42. The molecule has 2 aromatic rings. The van der Waals surface area contributed by atoms with E-state index in [0.29, 0.717) is 12.3 Å². The number of ether oxygens (including phenoxy) is 3. The van der Waals surface area contributed by atoms with Gasteiger partial charge >= 0.3 is 5.97 Å². The van der Waals surface area contributed by atoms with Crippen LogP contribution in [-0.4, -0.2) is 37.8 Å². The van der Waals surface area contributed by atoms with Gasteiger partial charge in [-0.15, -0.1) is 0 Å². The Morgan fingerprint density at radius 3 is 2.24 bits per heavy atom. The highest BCUT2D eigenvalue weighted by Crippen LogP contribution is 2.24. The van der Waals surface area contributed by atoms with E-state index in [1.54, 1.807) is 25.3 Å². The topological polar surface area (TPSA) is 94.1 Å². The van der Waals surface area contributed by atoms with E-state index in [-0.39, 0.29) is 23.8 Å². The van der Waals surface area contributed by atoms with E-state index in [9.17, 15) is 14.7 Å². The lowest BCUT2D eigenvalue weighted by Gasteiger charge is -2.11. The maximum atomic E-state index is 11.9. The lowest BCUT2D eigenvalue weighted by atomic mass is 10.2. The summed E-state index contributed by atoms with van der Waals surface area (Å²) in [5, 5.41) is 11.9. The van der Waals surface area contributed by atoms with Crippen LogP contribution in [0.25, 0.3) is 0 Å². The van der Waals surface area contributed by atoms with Gasteiger partial charge in [0.2, 0.25) is 0 Å². The number of carbonyl (C=O) groups excluding carboxylic acids is 1. The maximum Gasteiger partial charge on any atom is 0.339 e. The number of benzene rings is 2. The lowest BCUT2D eigenvalue weighted by molar-refractivity contribution is -0.123. The molecule has 0 aromatic heterocycles. The molecule has 25 heavy (non-hydrogen) atoms. The molecule has 7 nitrogen and oxygen atoms in total. The first-order valence-corrected chi connectivity index (χ1v) is 7.47. The number of hydrogen-bond acceptors (Lipinski definition) is 5. The van der Waals surface area contributed by atoms with Crippen molar-refractivity contribution in [2.45, 2.75) is 6.54 Å². The molecule has 1 amide bonds. The summed E-state index contributed by atoms with van der Waals surface area (Å²) in [4.78, 5) is 23.1. The number of aromatic carboxylic acids is 1. The zero-order valence-electron chi connectivity index (χ0n) is 13.9. The Morgan fingerprint density at radius 1 is 1.00 bits per heavy atom. The number of methoxy groups -OCH3 is 2. The van der Waals surface area contributed by atoms with Crippen molar-refractivity contribution >= 4 is 11.9 Å². The molecule has 2 rings (SSSR count). The third kappa shape index (κ3) is 5.13. The van der Waals surface area contributed by atoms with Crippen LogP contribution in [0.1, 0.15) is 15.9 Å². The van der Waals surface area contributed by atoms with Crippen molar-refractivity contribution in [3.8, 4) is 17.2 Å². The smallest absolute Gasteiger partial charge is 0.339 e. The summed E-state index contributed by atoms with van der Waals surface area (Å²) in [6.07, 6.45) is 0. The van der Waals surface area contributed by atoms with Crippen LogP contribution in [-0.2, 0) is 11.3 Å². The Balaban J connectivity index is 1.90. The molecule has 0 heterocycles. The Hall–Kier alpha value is -3.22. The predicted octanol–water partition coefficient (Wildman–Crippen LogP) is 2.10. The number of rotatable bonds is 8. The number of hydrogen-bond donors (Lipinski definition) is 2. The minimum atomic E-state index is -1.16. The van der Waals surface area contributed by atoms with Gasteiger partial charge in [0.15, 0.2) is 6.61 Å². The minimum Gasteiger partial charge on any atom is -0.497 e. The van der Waals surface area contributed by atoms with E-state index >= 15 is 0 Å². The second-order valence-corrected chi connectivity index (χ2v) is 5.08. The van der Waals surface area contributed by atoms with Gasteiger partial charge in [0.25, 0.3) is 5.91 Å². The second-order valence-electron chi connectivity index (χ2n) is 5.08. The van der Waals surface area contributed by atoms with Gasteiger partial charge in [-0.25, -0.2) is 4.79 Å². The molecule has 0 fully saturated rings. The van der Waals surface area contributed by atoms with Crippen molar-refractivity contribution in [2.24, 2.45) is 0 Å². The van der Waals surface area contributed by atoms with E-state index in [2.05, 4.69) is 5.32 Å². The van der Waals surface area contributed by atoms with E-state index in [4.69, 9.17) is 14.2 Å². The molecular formula is C18H19NO6. The molecule has 0 aliphatic rings. The van der Waals surface area contributed by atoms with Crippen molar-refractivity contribution < 1.29 is 28.9 Å². The maximum absolute atomic E-state index is 11.9. The summed E-state index contributed by atoms with van der Waals surface area (Å²) < 4.78 is 15.4. The van der Waals surface area contributed by atoms with E-state index in [1.165, 1.54) is 19.2 Å². The Labute approximate surface area is 145 Å². The fraction of sp³-hybridized carbons (Fsp3) is 0.222.